The van der Waals surface area contributed by atoms with E-state index in [4.69, 9.17) is 4.74 Å². The first-order valence-electron chi connectivity index (χ1n) is 10.2. The second kappa shape index (κ2) is 8.14. The number of imidazole rings is 1. The maximum absolute atomic E-state index is 13.1. The van der Waals surface area contributed by atoms with Crippen molar-refractivity contribution in [2.45, 2.75) is 20.0 Å². The molecule has 0 bridgehead atoms. The molecule has 0 spiro atoms. The number of carbonyl (C=O) groups excluding carboxylic acids is 1. The molecule has 0 saturated heterocycles. The van der Waals surface area contributed by atoms with Crippen LogP contribution in [0.2, 0.25) is 0 Å². The highest BCUT2D eigenvalue weighted by atomic mass is 16.5. The van der Waals surface area contributed by atoms with Crippen molar-refractivity contribution >= 4 is 17.7 Å². The molecule has 1 amide bonds. The first-order valence-corrected chi connectivity index (χ1v) is 10.2. The lowest BCUT2D eigenvalue weighted by Crippen LogP contribution is -2.39. The highest BCUT2D eigenvalue weighted by Gasteiger charge is 2.28. The van der Waals surface area contributed by atoms with Gasteiger partial charge in [-0.25, -0.2) is 15.0 Å². The summed E-state index contributed by atoms with van der Waals surface area (Å²) < 4.78 is 7.18. The smallest absolute Gasteiger partial charge is 0.290 e. The Morgan fingerprint density at radius 3 is 2.94 bits per heavy atom. The molecule has 0 atom stereocenters. The van der Waals surface area contributed by atoms with Gasteiger partial charge in [0, 0.05) is 38.1 Å². The number of fused-ring (bicyclic) bond motifs is 1. The maximum Gasteiger partial charge on any atom is 0.290 e. The summed E-state index contributed by atoms with van der Waals surface area (Å²) in [7, 11) is 1.63. The molecule has 10 nitrogen and oxygen atoms in total. The number of aromatic nitrogens is 6. The van der Waals surface area contributed by atoms with Gasteiger partial charge in [-0.15, -0.1) is 0 Å². The molecule has 0 fully saturated rings. The Morgan fingerprint density at radius 2 is 2.12 bits per heavy atom. The zero-order valence-electron chi connectivity index (χ0n) is 17.7. The molecule has 0 radical (unpaired) electrons. The summed E-state index contributed by atoms with van der Waals surface area (Å²) in [5, 5.41) is 9.80. The van der Waals surface area contributed by atoms with Crippen molar-refractivity contribution in [3.05, 3.63) is 65.9 Å². The van der Waals surface area contributed by atoms with Gasteiger partial charge in [-0.05, 0) is 30.2 Å². The normalized spacial score (nSPS) is 13.2. The molecule has 4 aromatic rings. The third-order valence-corrected chi connectivity index (χ3v) is 5.33. The van der Waals surface area contributed by atoms with Crippen LogP contribution in [0.1, 0.15) is 21.7 Å². The monoisotopic (exact) mass is 430 g/mol. The number of amides is 1. The van der Waals surface area contributed by atoms with Gasteiger partial charge in [0.2, 0.25) is 5.95 Å². The molecule has 0 unspecified atom stereocenters. The third-order valence-electron chi connectivity index (χ3n) is 5.33. The fourth-order valence-electron chi connectivity index (χ4n) is 3.69. The molecule has 1 aliphatic rings. The van der Waals surface area contributed by atoms with E-state index >= 15 is 0 Å². The van der Waals surface area contributed by atoms with Crippen LogP contribution in [-0.2, 0) is 13.1 Å². The van der Waals surface area contributed by atoms with Gasteiger partial charge in [-0.2, -0.15) is 5.10 Å². The molecular formula is C22H22N8O2. The van der Waals surface area contributed by atoms with Crippen molar-refractivity contribution in [2.75, 3.05) is 19.0 Å². The highest BCUT2D eigenvalue weighted by molar-refractivity contribution is 5.92. The van der Waals surface area contributed by atoms with Gasteiger partial charge in [-0.1, -0.05) is 12.1 Å². The van der Waals surface area contributed by atoms with Crippen LogP contribution in [-0.4, -0.2) is 54.2 Å². The summed E-state index contributed by atoms with van der Waals surface area (Å²) in [6, 6.07) is 9.53. The van der Waals surface area contributed by atoms with Gasteiger partial charge in [0.25, 0.3) is 5.91 Å². The number of ether oxygens (including phenoxy) is 1. The predicted molar refractivity (Wildman–Crippen MR) is 118 cm³/mol. The van der Waals surface area contributed by atoms with Crippen molar-refractivity contribution < 1.29 is 9.53 Å². The van der Waals surface area contributed by atoms with E-state index in [-0.39, 0.29) is 5.91 Å². The number of rotatable bonds is 6. The van der Waals surface area contributed by atoms with Crippen LogP contribution in [0.4, 0.5) is 11.8 Å². The van der Waals surface area contributed by atoms with Gasteiger partial charge in [0.15, 0.2) is 5.82 Å². The van der Waals surface area contributed by atoms with E-state index in [0.29, 0.717) is 48.6 Å². The summed E-state index contributed by atoms with van der Waals surface area (Å²) in [5.41, 5.74) is 3.20. The van der Waals surface area contributed by atoms with Crippen LogP contribution in [0.5, 0.6) is 5.75 Å². The number of aromatic amines is 1. The number of anilines is 2. The summed E-state index contributed by atoms with van der Waals surface area (Å²) in [5.74, 6) is 2.19. The number of benzene rings is 1. The minimum atomic E-state index is -0.104. The zero-order chi connectivity index (χ0) is 22.1. The lowest BCUT2D eigenvalue weighted by molar-refractivity contribution is 0.0683. The molecule has 4 heterocycles. The molecule has 1 aromatic carbocycles. The van der Waals surface area contributed by atoms with Crippen molar-refractivity contribution in [1.29, 1.82) is 0 Å². The van der Waals surface area contributed by atoms with Crippen LogP contribution in [0.15, 0.2) is 48.9 Å². The Labute approximate surface area is 184 Å². The third kappa shape index (κ3) is 3.78. The van der Waals surface area contributed by atoms with Gasteiger partial charge in [0.05, 0.1) is 19.0 Å². The van der Waals surface area contributed by atoms with Crippen LogP contribution in [0.25, 0.3) is 11.4 Å². The fourth-order valence-corrected chi connectivity index (χ4v) is 3.69. The van der Waals surface area contributed by atoms with Crippen molar-refractivity contribution in [3.8, 4) is 17.1 Å². The number of hydrogen-bond donors (Lipinski definition) is 2. The van der Waals surface area contributed by atoms with Crippen molar-refractivity contribution in [1.82, 2.24) is 34.6 Å². The van der Waals surface area contributed by atoms with E-state index < -0.39 is 0 Å². The van der Waals surface area contributed by atoms with E-state index in [1.807, 2.05) is 42.0 Å². The van der Waals surface area contributed by atoms with E-state index in [1.165, 1.54) is 0 Å². The first-order chi connectivity index (χ1) is 15.6. The van der Waals surface area contributed by atoms with E-state index in [1.54, 1.807) is 30.5 Å². The average molecular weight is 430 g/mol. The molecule has 5 rings (SSSR count). The Morgan fingerprint density at radius 1 is 1.22 bits per heavy atom. The molecular weight excluding hydrogens is 408 g/mol. The highest BCUT2D eigenvalue weighted by Crippen LogP contribution is 2.25. The lowest BCUT2D eigenvalue weighted by Gasteiger charge is -2.27. The number of nitrogens with zero attached hydrogens (tertiary/aromatic N) is 6. The van der Waals surface area contributed by atoms with Crippen LogP contribution < -0.4 is 10.1 Å². The molecule has 162 valence electrons. The van der Waals surface area contributed by atoms with Gasteiger partial charge in [0.1, 0.15) is 17.3 Å². The average Bonchev–Trinajstić information content (AvgIpc) is 3.47. The quantitative estimate of drug-likeness (QED) is 0.483. The van der Waals surface area contributed by atoms with E-state index in [0.717, 1.165) is 16.9 Å². The largest absolute Gasteiger partial charge is 0.497 e. The second-order valence-electron chi connectivity index (χ2n) is 7.54. The maximum atomic E-state index is 13.1. The summed E-state index contributed by atoms with van der Waals surface area (Å²) in [6.45, 7) is 3.70. The Bertz CT molecular complexity index is 1260. The summed E-state index contributed by atoms with van der Waals surface area (Å²) >= 11 is 0. The van der Waals surface area contributed by atoms with Gasteiger partial charge < -0.3 is 19.5 Å². The molecule has 1 aliphatic heterocycles. The number of aryl methyl sites for hydroxylation is 1. The van der Waals surface area contributed by atoms with Crippen molar-refractivity contribution in [2.24, 2.45) is 0 Å². The Hall–Kier alpha value is -4.21. The predicted octanol–water partition coefficient (Wildman–Crippen LogP) is 2.78. The first kappa shape index (κ1) is 19.7. The van der Waals surface area contributed by atoms with Crippen LogP contribution in [0, 0.1) is 6.92 Å². The van der Waals surface area contributed by atoms with Crippen molar-refractivity contribution in [3.63, 3.8) is 0 Å². The molecule has 0 saturated carbocycles. The zero-order valence-corrected chi connectivity index (χ0v) is 17.7. The number of nitrogens with one attached hydrogen (secondary N) is 2. The lowest BCUT2D eigenvalue weighted by atomic mass is 10.2. The van der Waals surface area contributed by atoms with Gasteiger partial charge in [-0.3, -0.25) is 9.89 Å². The van der Waals surface area contributed by atoms with Gasteiger partial charge >= 0.3 is 0 Å². The van der Waals surface area contributed by atoms with Crippen LogP contribution in [0.3, 0.4) is 0 Å². The molecule has 32 heavy (non-hydrogen) atoms. The SMILES string of the molecule is COc1cccc(CN2CCn3cc(-c4nc(Nc5ccn[nH]5)ncc4C)nc3C2=O)c1. The molecule has 2 N–H and O–H groups in total. The molecule has 0 aliphatic carbocycles. The number of hydrogen-bond acceptors (Lipinski definition) is 7. The van der Waals surface area contributed by atoms with Crippen LogP contribution >= 0.6 is 0 Å². The molecule has 3 aromatic heterocycles. The minimum Gasteiger partial charge on any atom is -0.497 e. The summed E-state index contributed by atoms with van der Waals surface area (Å²) in [4.78, 5) is 28.5. The van der Waals surface area contributed by atoms with E-state index in [9.17, 15) is 4.79 Å². The topological polar surface area (TPSA) is 114 Å². The molecule has 10 heteroatoms. The number of H-pyrrole nitrogens is 1. The minimum absolute atomic E-state index is 0.104. The number of carbonyl (C=O) groups is 1. The Balaban J connectivity index is 1.39. The summed E-state index contributed by atoms with van der Waals surface area (Å²) in [6.07, 6.45) is 5.26. The standard InChI is InChI=1S/C22H22N8O2/c1-14-11-23-22(26-18-6-7-24-28-18)27-19(14)17-13-29-8-9-30(21(31)20(29)25-17)12-15-4-3-5-16(10-15)32-2/h3-7,10-11,13H,8-9,12H2,1-2H3,(H2,23,24,26,27,28). The fraction of sp³-hybridized carbons (Fsp3) is 0.227. The second-order valence-corrected chi connectivity index (χ2v) is 7.54. The number of methoxy groups -OCH3 is 1. The van der Waals surface area contributed by atoms with E-state index in [2.05, 4.69) is 30.5 Å². The Kier molecular flexibility index (Phi) is 5.02.